The van der Waals surface area contributed by atoms with Gasteiger partial charge in [-0.05, 0) is 18.6 Å². The van der Waals surface area contributed by atoms with Gasteiger partial charge in [-0.2, -0.15) is 0 Å². The third-order valence-electron chi connectivity index (χ3n) is 4.83. The molecule has 1 aliphatic heterocycles. The Morgan fingerprint density at radius 1 is 1.39 bits per heavy atom. The minimum absolute atomic E-state index is 0.0300. The highest BCUT2D eigenvalue weighted by atomic mass is 16.6. The molecule has 0 bridgehead atoms. The molecule has 2 aromatic heterocycles. The van der Waals surface area contributed by atoms with E-state index in [9.17, 15) is 14.9 Å². The van der Waals surface area contributed by atoms with E-state index in [4.69, 9.17) is 9.47 Å². The molecule has 0 radical (unpaired) electrons. The number of nitro benzene ring substituents is 1. The van der Waals surface area contributed by atoms with Crippen LogP contribution in [0.15, 0.2) is 42.7 Å². The number of nitrogens with one attached hydrogen (secondary N) is 2. The van der Waals surface area contributed by atoms with Gasteiger partial charge in [-0.1, -0.05) is 0 Å². The molecule has 2 N–H and O–H groups in total. The number of hydrogen-bond acceptors (Lipinski definition) is 6. The zero-order valence-electron chi connectivity index (χ0n) is 15.0. The van der Waals surface area contributed by atoms with Crippen LogP contribution in [-0.4, -0.2) is 40.6 Å². The fourth-order valence-corrected chi connectivity index (χ4v) is 3.41. The highest BCUT2D eigenvalue weighted by molar-refractivity contribution is 6.07. The first-order valence-corrected chi connectivity index (χ1v) is 8.75. The van der Waals surface area contributed by atoms with E-state index in [0.29, 0.717) is 35.4 Å². The summed E-state index contributed by atoms with van der Waals surface area (Å²) in [6.07, 6.45) is 3.62. The van der Waals surface area contributed by atoms with Crippen molar-refractivity contribution in [3.05, 3.63) is 64.0 Å². The second-order valence-corrected chi connectivity index (χ2v) is 6.48. The molecule has 144 valence electrons. The van der Waals surface area contributed by atoms with E-state index < -0.39 is 4.92 Å². The van der Waals surface area contributed by atoms with Gasteiger partial charge in [0.15, 0.2) is 0 Å². The molecule has 4 rings (SSSR count). The number of carbonyl (C=O) groups is 1. The minimum atomic E-state index is -0.469. The van der Waals surface area contributed by atoms with Crippen LogP contribution in [0, 0.1) is 10.1 Å². The van der Waals surface area contributed by atoms with E-state index in [0.717, 1.165) is 5.56 Å². The lowest BCUT2D eigenvalue weighted by molar-refractivity contribution is -0.384. The lowest BCUT2D eigenvalue weighted by Gasteiger charge is -2.20. The molecule has 9 nitrogen and oxygen atoms in total. The van der Waals surface area contributed by atoms with Crippen molar-refractivity contribution in [2.24, 2.45) is 0 Å². The number of ether oxygens (including phenoxy) is 2. The molecule has 0 saturated carbocycles. The monoisotopic (exact) mass is 382 g/mol. The normalized spacial score (nSPS) is 18.9. The zero-order valence-corrected chi connectivity index (χ0v) is 15.0. The van der Waals surface area contributed by atoms with Crippen molar-refractivity contribution >= 4 is 22.5 Å². The number of nitrogens with zero attached hydrogens (tertiary/aromatic N) is 2. The van der Waals surface area contributed by atoms with Gasteiger partial charge < -0.3 is 19.8 Å². The van der Waals surface area contributed by atoms with E-state index in [1.807, 2.05) is 6.07 Å². The Morgan fingerprint density at radius 3 is 2.96 bits per heavy atom. The van der Waals surface area contributed by atoms with Gasteiger partial charge >= 0.3 is 0 Å². The maximum Gasteiger partial charge on any atom is 0.271 e. The number of nitro groups is 1. The molecule has 0 spiro atoms. The molecular formula is C19H18N4O5. The molecule has 9 heteroatoms. The summed E-state index contributed by atoms with van der Waals surface area (Å²) in [5.74, 6) is 0.247. The Kier molecular flexibility index (Phi) is 4.66. The third kappa shape index (κ3) is 3.27. The number of rotatable bonds is 5. The van der Waals surface area contributed by atoms with Crippen molar-refractivity contribution in [1.82, 2.24) is 15.3 Å². The molecular weight excluding hydrogens is 364 g/mol. The fraction of sp³-hybridized carbons (Fsp3) is 0.263. The fourth-order valence-electron chi connectivity index (χ4n) is 3.41. The Balaban J connectivity index is 1.54. The van der Waals surface area contributed by atoms with E-state index in [2.05, 4.69) is 15.3 Å². The largest absolute Gasteiger partial charge is 0.481 e. The van der Waals surface area contributed by atoms with Crippen LogP contribution in [0.4, 0.5) is 5.69 Å². The van der Waals surface area contributed by atoms with Gasteiger partial charge in [-0.15, -0.1) is 0 Å². The molecule has 0 aliphatic carbocycles. The average molecular weight is 382 g/mol. The van der Waals surface area contributed by atoms with Crippen LogP contribution in [-0.2, 0) is 4.74 Å². The van der Waals surface area contributed by atoms with Crippen molar-refractivity contribution < 1.29 is 19.2 Å². The number of aromatic nitrogens is 2. The highest BCUT2D eigenvalue weighted by Crippen LogP contribution is 2.30. The first kappa shape index (κ1) is 17.9. The number of H-pyrrole nitrogens is 1. The molecule has 3 heterocycles. The predicted molar refractivity (Wildman–Crippen MR) is 100 cm³/mol. The molecule has 3 aromatic rings. The van der Waals surface area contributed by atoms with Gasteiger partial charge in [0.25, 0.3) is 11.6 Å². The number of non-ortho nitro benzene ring substituents is 1. The van der Waals surface area contributed by atoms with Crippen molar-refractivity contribution in [1.29, 1.82) is 0 Å². The highest BCUT2D eigenvalue weighted by Gasteiger charge is 2.32. The van der Waals surface area contributed by atoms with Crippen molar-refractivity contribution in [2.45, 2.75) is 18.6 Å². The van der Waals surface area contributed by atoms with Gasteiger partial charge in [0.2, 0.25) is 5.88 Å². The standard InChI is InChI=1S/C19H18N4O5/c1-27-17-5-2-11(9-21-17)18-15(6-7-28-18)22-19(24)14-10-20-16-8-12(23(25)26)3-4-13(14)16/h2-5,8-10,15,18,20H,6-7H2,1H3,(H,22,24)/t15-,18+/m0/s1. The summed E-state index contributed by atoms with van der Waals surface area (Å²) in [6.45, 7) is 0.529. The maximum absolute atomic E-state index is 12.8. The molecule has 1 amide bonds. The van der Waals surface area contributed by atoms with E-state index in [1.165, 1.54) is 12.1 Å². The number of benzene rings is 1. The van der Waals surface area contributed by atoms with E-state index >= 15 is 0 Å². The molecule has 1 saturated heterocycles. The minimum Gasteiger partial charge on any atom is -0.481 e. The number of methoxy groups -OCH3 is 1. The van der Waals surface area contributed by atoms with E-state index in [-0.39, 0.29) is 23.7 Å². The van der Waals surface area contributed by atoms with Crippen molar-refractivity contribution in [2.75, 3.05) is 13.7 Å². The van der Waals surface area contributed by atoms with Gasteiger partial charge in [-0.3, -0.25) is 14.9 Å². The topological polar surface area (TPSA) is 119 Å². The summed E-state index contributed by atoms with van der Waals surface area (Å²) < 4.78 is 10.9. The number of carbonyl (C=O) groups excluding carboxylic acids is 1. The van der Waals surface area contributed by atoms with Crippen LogP contribution in [0.2, 0.25) is 0 Å². The van der Waals surface area contributed by atoms with Gasteiger partial charge in [0, 0.05) is 48.1 Å². The smallest absolute Gasteiger partial charge is 0.271 e. The number of aromatic amines is 1. The second-order valence-electron chi connectivity index (χ2n) is 6.48. The van der Waals surface area contributed by atoms with Gasteiger partial charge in [-0.25, -0.2) is 4.98 Å². The molecule has 2 atom stereocenters. The first-order valence-electron chi connectivity index (χ1n) is 8.75. The van der Waals surface area contributed by atoms with Crippen LogP contribution >= 0.6 is 0 Å². The summed E-state index contributed by atoms with van der Waals surface area (Å²) in [6, 6.07) is 7.79. The molecule has 1 fully saturated rings. The Hall–Kier alpha value is -3.46. The van der Waals surface area contributed by atoms with Crippen molar-refractivity contribution in [3.8, 4) is 5.88 Å². The third-order valence-corrected chi connectivity index (χ3v) is 4.83. The summed E-state index contributed by atoms with van der Waals surface area (Å²) in [5.41, 5.74) is 1.80. The Morgan fingerprint density at radius 2 is 2.25 bits per heavy atom. The molecule has 28 heavy (non-hydrogen) atoms. The maximum atomic E-state index is 12.8. The lowest BCUT2D eigenvalue weighted by Crippen LogP contribution is -2.36. The Labute approximate surface area is 159 Å². The number of hydrogen-bond donors (Lipinski definition) is 2. The summed E-state index contributed by atoms with van der Waals surface area (Å²) in [7, 11) is 1.55. The van der Waals surface area contributed by atoms with Gasteiger partial charge in [0.05, 0.1) is 29.2 Å². The number of amides is 1. The SMILES string of the molecule is COc1ccc([C@H]2OCC[C@@H]2NC(=O)c2c[nH]c3cc([N+](=O)[O-])ccc23)cn1. The van der Waals surface area contributed by atoms with Crippen LogP contribution in [0.3, 0.4) is 0 Å². The quantitative estimate of drug-likeness (QED) is 0.517. The summed E-state index contributed by atoms with van der Waals surface area (Å²) in [4.78, 5) is 30.4. The summed E-state index contributed by atoms with van der Waals surface area (Å²) >= 11 is 0. The molecule has 1 aromatic carbocycles. The number of fused-ring (bicyclic) bond motifs is 1. The van der Waals surface area contributed by atoms with Crippen LogP contribution < -0.4 is 10.1 Å². The second kappa shape index (κ2) is 7.28. The van der Waals surface area contributed by atoms with Crippen LogP contribution in [0.25, 0.3) is 10.9 Å². The van der Waals surface area contributed by atoms with Gasteiger partial charge in [0.1, 0.15) is 6.10 Å². The average Bonchev–Trinajstić information content (AvgIpc) is 3.34. The lowest BCUT2D eigenvalue weighted by atomic mass is 10.0. The van der Waals surface area contributed by atoms with Crippen LogP contribution in [0.1, 0.15) is 28.4 Å². The van der Waals surface area contributed by atoms with Crippen molar-refractivity contribution in [3.63, 3.8) is 0 Å². The Bertz CT molecular complexity index is 1030. The van der Waals surface area contributed by atoms with E-state index in [1.54, 1.807) is 31.6 Å². The first-order chi connectivity index (χ1) is 13.6. The molecule has 0 unspecified atom stereocenters. The summed E-state index contributed by atoms with van der Waals surface area (Å²) in [5, 5.41) is 14.6. The van der Waals surface area contributed by atoms with Crippen LogP contribution in [0.5, 0.6) is 5.88 Å². The zero-order chi connectivity index (χ0) is 19.7. The predicted octanol–water partition coefficient (Wildman–Crippen LogP) is 2.74. The molecule has 1 aliphatic rings. The number of pyridine rings is 1.